The third-order valence-corrected chi connectivity index (χ3v) is 6.75. The number of rotatable bonds is 6. The highest BCUT2D eigenvalue weighted by Gasteiger charge is 2.35. The Morgan fingerprint density at radius 3 is 2.41 bits per heavy atom. The highest BCUT2D eigenvalue weighted by atomic mass is 19.4. The molecule has 1 saturated heterocycles. The molecule has 216 valence electrons. The second kappa shape index (κ2) is 10.8. The van der Waals surface area contributed by atoms with Gasteiger partial charge in [0, 0.05) is 36.8 Å². The van der Waals surface area contributed by atoms with Crippen molar-refractivity contribution in [2.75, 3.05) is 43.7 Å². The molecule has 1 aromatic carbocycles. The van der Waals surface area contributed by atoms with E-state index in [9.17, 15) is 27.2 Å². The number of methoxy groups -OCH3 is 1. The minimum Gasteiger partial charge on any atom is -0.467 e. The zero-order valence-electron chi connectivity index (χ0n) is 22.2. The Balaban J connectivity index is 1.73. The predicted octanol–water partition coefficient (Wildman–Crippen LogP) is 2.86. The summed E-state index contributed by atoms with van der Waals surface area (Å²) >= 11 is 0. The van der Waals surface area contributed by atoms with E-state index in [-0.39, 0.29) is 39.3 Å². The molecule has 0 bridgehead atoms. The normalized spacial score (nSPS) is 14.8. The molecule has 4 aromatic rings. The number of benzene rings is 1. The Hall–Kier alpha value is -4.53. The fourth-order valence-electron chi connectivity index (χ4n) is 4.70. The molecular formula is C26H25F4N7O4. The average molecular weight is 576 g/mol. The number of hydrogen-bond acceptors (Lipinski definition) is 9. The molecule has 0 unspecified atom stereocenters. The molecule has 0 amide bonds. The third-order valence-electron chi connectivity index (χ3n) is 6.75. The summed E-state index contributed by atoms with van der Waals surface area (Å²) in [5.41, 5.74) is -2.58. The van der Waals surface area contributed by atoms with Crippen molar-refractivity contribution in [3.05, 3.63) is 74.4 Å². The van der Waals surface area contributed by atoms with Gasteiger partial charge in [0.05, 0.1) is 61.4 Å². The Morgan fingerprint density at radius 2 is 1.78 bits per heavy atom. The number of fused-ring (bicyclic) bond motifs is 1. The first-order valence-corrected chi connectivity index (χ1v) is 12.5. The fourth-order valence-corrected chi connectivity index (χ4v) is 4.70. The van der Waals surface area contributed by atoms with E-state index in [4.69, 9.17) is 9.47 Å². The lowest BCUT2D eigenvalue weighted by Gasteiger charge is -2.31. The quantitative estimate of drug-likeness (QED) is 0.347. The van der Waals surface area contributed by atoms with E-state index >= 15 is 0 Å². The third kappa shape index (κ3) is 5.19. The van der Waals surface area contributed by atoms with E-state index in [1.807, 2.05) is 0 Å². The second-order valence-corrected chi connectivity index (χ2v) is 9.32. The molecule has 1 N–H and O–H groups in total. The summed E-state index contributed by atoms with van der Waals surface area (Å²) in [5.74, 6) is -1.38. The summed E-state index contributed by atoms with van der Waals surface area (Å²) in [6, 6.07) is 2.05. The van der Waals surface area contributed by atoms with Crippen molar-refractivity contribution in [2.24, 2.45) is 7.05 Å². The van der Waals surface area contributed by atoms with Gasteiger partial charge >= 0.3 is 12.2 Å². The van der Waals surface area contributed by atoms with E-state index in [1.165, 1.54) is 50.4 Å². The Morgan fingerprint density at radius 1 is 1.10 bits per heavy atom. The van der Waals surface area contributed by atoms with Crippen LogP contribution in [0.3, 0.4) is 0 Å². The van der Waals surface area contributed by atoms with Gasteiger partial charge in [0.2, 0.25) is 0 Å². The van der Waals surface area contributed by atoms with Crippen LogP contribution in [0.1, 0.15) is 24.1 Å². The lowest BCUT2D eigenvalue weighted by molar-refractivity contribution is -0.140. The Kier molecular flexibility index (Phi) is 7.38. The first-order chi connectivity index (χ1) is 19.5. The van der Waals surface area contributed by atoms with E-state index in [2.05, 4.69) is 20.4 Å². The van der Waals surface area contributed by atoms with Crippen LogP contribution in [0.5, 0.6) is 6.01 Å². The first-order valence-electron chi connectivity index (χ1n) is 12.5. The van der Waals surface area contributed by atoms with Crippen molar-refractivity contribution in [3.63, 3.8) is 0 Å². The molecule has 1 atom stereocenters. The number of halogens is 4. The van der Waals surface area contributed by atoms with Gasteiger partial charge in [-0.2, -0.15) is 18.3 Å². The number of ether oxygens (including phenoxy) is 2. The monoisotopic (exact) mass is 575 g/mol. The summed E-state index contributed by atoms with van der Waals surface area (Å²) in [5, 5.41) is 9.12. The summed E-state index contributed by atoms with van der Waals surface area (Å²) in [4.78, 5) is 35.5. The fraction of sp³-hybridized carbons (Fsp3) is 0.346. The number of anilines is 1. The van der Waals surface area contributed by atoms with Crippen molar-refractivity contribution in [2.45, 2.75) is 19.1 Å². The van der Waals surface area contributed by atoms with E-state index in [0.29, 0.717) is 32.4 Å². The van der Waals surface area contributed by atoms with Gasteiger partial charge in [0.25, 0.3) is 11.1 Å². The molecule has 0 spiro atoms. The van der Waals surface area contributed by atoms with Gasteiger partial charge in [0.15, 0.2) is 5.82 Å². The zero-order valence-corrected chi connectivity index (χ0v) is 22.2. The Bertz CT molecular complexity index is 1720. The summed E-state index contributed by atoms with van der Waals surface area (Å²) in [7, 11) is 2.75. The van der Waals surface area contributed by atoms with Gasteiger partial charge in [-0.1, -0.05) is 12.1 Å². The topological polar surface area (TPSA) is 116 Å². The van der Waals surface area contributed by atoms with E-state index in [1.54, 1.807) is 5.01 Å². The number of nitrogens with one attached hydrogen (secondary N) is 1. The smallest absolute Gasteiger partial charge is 0.419 e. The molecule has 0 radical (unpaired) electrons. The molecule has 3 aromatic heterocycles. The summed E-state index contributed by atoms with van der Waals surface area (Å²) in [6.07, 6.45) is -0.758. The lowest BCUT2D eigenvalue weighted by atomic mass is 10.0. The van der Waals surface area contributed by atoms with Crippen molar-refractivity contribution < 1.29 is 27.0 Å². The van der Waals surface area contributed by atoms with E-state index in [0.717, 1.165) is 10.7 Å². The zero-order chi connectivity index (χ0) is 29.5. The molecule has 0 aliphatic carbocycles. The molecule has 41 heavy (non-hydrogen) atoms. The number of hydrogen-bond donors (Lipinski definition) is 1. The maximum Gasteiger partial charge on any atom is 0.419 e. The van der Waals surface area contributed by atoms with Crippen LogP contribution in [0.4, 0.5) is 23.4 Å². The average Bonchev–Trinajstić information content (AvgIpc) is 2.95. The van der Waals surface area contributed by atoms with Crippen LogP contribution < -0.4 is 26.2 Å². The predicted molar refractivity (Wildman–Crippen MR) is 141 cm³/mol. The van der Waals surface area contributed by atoms with Crippen LogP contribution in [-0.2, 0) is 18.0 Å². The number of alkyl halides is 3. The molecule has 4 heterocycles. The van der Waals surface area contributed by atoms with Crippen LogP contribution in [0.25, 0.3) is 21.9 Å². The highest BCUT2D eigenvalue weighted by Crippen LogP contribution is 2.35. The lowest BCUT2D eigenvalue weighted by Crippen LogP contribution is -2.49. The van der Waals surface area contributed by atoms with E-state index < -0.39 is 34.7 Å². The van der Waals surface area contributed by atoms with Crippen LogP contribution in [0.15, 0.2) is 46.4 Å². The van der Waals surface area contributed by atoms with Crippen molar-refractivity contribution in [1.82, 2.24) is 24.4 Å². The maximum absolute atomic E-state index is 15.0. The Labute approximate surface area is 229 Å². The van der Waals surface area contributed by atoms with Crippen LogP contribution in [0, 0.1) is 5.82 Å². The van der Waals surface area contributed by atoms with Gasteiger partial charge in [-0.25, -0.2) is 23.7 Å². The van der Waals surface area contributed by atoms with Gasteiger partial charge in [-0.05, 0) is 13.0 Å². The van der Waals surface area contributed by atoms with Crippen molar-refractivity contribution >= 4 is 16.6 Å². The molecule has 1 fully saturated rings. The largest absolute Gasteiger partial charge is 0.467 e. The SMILES string of the molecule is COc1ncc(-c2c(=O)n(N3CCOCC3)cc3c(N[C@H](C)c4cccc(C(F)(F)F)c4F)nn(C)c(=O)c23)cn1. The van der Waals surface area contributed by atoms with Gasteiger partial charge in [0.1, 0.15) is 5.82 Å². The second-order valence-electron chi connectivity index (χ2n) is 9.32. The standard InChI is InChI=1S/C26H25F4N7O4/c1-14(16-5-4-6-18(21(16)27)26(28,29)30)33-22-17-13-37(36-7-9-41-10-8-36)24(39)19(20(17)23(38)35(2)34-22)15-11-31-25(40-3)32-12-15/h4-6,11-14H,7-10H2,1-3H3,(H,33,34)/t14-/m1/s1. The number of aromatic nitrogens is 5. The number of morpholine rings is 1. The van der Waals surface area contributed by atoms with Gasteiger partial charge in [-0.15, -0.1) is 0 Å². The van der Waals surface area contributed by atoms with Crippen molar-refractivity contribution in [1.29, 1.82) is 0 Å². The van der Waals surface area contributed by atoms with Crippen LogP contribution in [0.2, 0.25) is 0 Å². The first kappa shape index (κ1) is 28.0. The summed E-state index contributed by atoms with van der Waals surface area (Å²) in [6.45, 7) is 2.93. The molecule has 11 nitrogen and oxygen atoms in total. The van der Waals surface area contributed by atoms with Gasteiger partial charge in [-0.3, -0.25) is 9.59 Å². The minimum atomic E-state index is -4.88. The molecule has 5 rings (SSSR count). The van der Waals surface area contributed by atoms with Crippen molar-refractivity contribution in [3.8, 4) is 17.1 Å². The molecular weight excluding hydrogens is 550 g/mol. The van der Waals surface area contributed by atoms with Crippen LogP contribution in [-0.4, -0.2) is 57.8 Å². The molecule has 1 aliphatic heterocycles. The number of aryl methyl sites for hydroxylation is 1. The summed E-state index contributed by atoms with van der Waals surface area (Å²) < 4.78 is 67.8. The number of pyridine rings is 1. The minimum absolute atomic E-state index is 0.0133. The molecule has 15 heteroatoms. The maximum atomic E-state index is 15.0. The van der Waals surface area contributed by atoms with Crippen LogP contribution >= 0.6 is 0 Å². The molecule has 0 saturated carbocycles. The van der Waals surface area contributed by atoms with Gasteiger partial charge < -0.3 is 19.8 Å². The molecule has 1 aliphatic rings. The highest BCUT2D eigenvalue weighted by molar-refractivity contribution is 6.00. The number of nitrogens with zero attached hydrogens (tertiary/aromatic N) is 6.